The van der Waals surface area contributed by atoms with Crippen LogP contribution in [0.2, 0.25) is 0 Å². The largest absolute Gasteiger partial charge is 0.314 e. The van der Waals surface area contributed by atoms with Gasteiger partial charge in [-0.15, -0.1) is 0 Å². The molecule has 1 N–H and O–H groups in total. The highest BCUT2D eigenvalue weighted by Crippen LogP contribution is 2.39. The Kier molecular flexibility index (Phi) is 2.62. The molecule has 3 heteroatoms. The molecule has 76 valence electrons. The summed E-state index contributed by atoms with van der Waals surface area (Å²) in [6.07, 6.45) is 3.41. The summed E-state index contributed by atoms with van der Waals surface area (Å²) in [6, 6.07) is 4.91. The summed E-state index contributed by atoms with van der Waals surface area (Å²) in [4.78, 5) is 0. The Hall–Kier alpha value is -0.410. The standard InChI is InChI=1S/C11H13BrFN/c1-14-11(4-5-11)7-8-2-3-9(13)6-10(8)12/h2-3,6,14H,4-5,7H2,1H3. The fourth-order valence-electron chi connectivity index (χ4n) is 1.70. The van der Waals surface area contributed by atoms with Gasteiger partial charge in [0.15, 0.2) is 0 Å². The lowest BCUT2D eigenvalue weighted by atomic mass is 10.0. The highest BCUT2D eigenvalue weighted by Gasteiger charge is 2.41. The van der Waals surface area contributed by atoms with Crippen molar-refractivity contribution in [3.63, 3.8) is 0 Å². The van der Waals surface area contributed by atoms with Crippen molar-refractivity contribution in [1.82, 2.24) is 5.32 Å². The third-order valence-corrected chi connectivity index (χ3v) is 3.67. The second-order valence-corrected chi connectivity index (χ2v) is 4.80. The van der Waals surface area contributed by atoms with Crippen LogP contribution in [0.5, 0.6) is 0 Å². The summed E-state index contributed by atoms with van der Waals surface area (Å²) in [5.74, 6) is -0.185. The number of nitrogens with one attached hydrogen (secondary N) is 1. The van der Waals surface area contributed by atoms with Gasteiger partial charge in [-0.3, -0.25) is 0 Å². The molecule has 1 aliphatic rings. The van der Waals surface area contributed by atoms with E-state index >= 15 is 0 Å². The first-order valence-electron chi connectivity index (χ1n) is 4.78. The van der Waals surface area contributed by atoms with Gasteiger partial charge in [0, 0.05) is 10.0 Å². The number of rotatable bonds is 3. The predicted octanol–water partition coefficient (Wildman–Crippen LogP) is 2.88. The van der Waals surface area contributed by atoms with Gasteiger partial charge in [-0.05, 0) is 44.0 Å². The van der Waals surface area contributed by atoms with Crippen molar-refractivity contribution >= 4 is 15.9 Å². The molecular weight excluding hydrogens is 245 g/mol. The molecule has 0 heterocycles. The number of halogens is 2. The molecule has 1 aromatic rings. The summed E-state index contributed by atoms with van der Waals surface area (Å²) in [5.41, 5.74) is 1.46. The Labute approximate surface area is 91.8 Å². The minimum absolute atomic E-state index is 0.185. The van der Waals surface area contributed by atoms with E-state index in [-0.39, 0.29) is 11.4 Å². The Morgan fingerprint density at radius 2 is 2.21 bits per heavy atom. The van der Waals surface area contributed by atoms with Gasteiger partial charge in [-0.2, -0.15) is 0 Å². The molecule has 1 nitrogen and oxygen atoms in total. The van der Waals surface area contributed by atoms with Gasteiger partial charge in [0.2, 0.25) is 0 Å². The molecule has 0 radical (unpaired) electrons. The minimum Gasteiger partial charge on any atom is -0.314 e. The maximum atomic E-state index is 12.8. The number of hydrogen-bond donors (Lipinski definition) is 1. The van der Waals surface area contributed by atoms with Crippen molar-refractivity contribution in [3.05, 3.63) is 34.1 Å². The van der Waals surface area contributed by atoms with Crippen LogP contribution in [0.4, 0.5) is 4.39 Å². The predicted molar refractivity (Wildman–Crippen MR) is 58.8 cm³/mol. The van der Waals surface area contributed by atoms with Crippen LogP contribution in [-0.2, 0) is 6.42 Å². The second-order valence-electron chi connectivity index (χ2n) is 3.94. The van der Waals surface area contributed by atoms with Crippen LogP contribution in [0.3, 0.4) is 0 Å². The molecule has 0 aromatic heterocycles. The lowest BCUT2D eigenvalue weighted by molar-refractivity contribution is 0.546. The molecule has 1 fully saturated rings. The highest BCUT2D eigenvalue weighted by molar-refractivity contribution is 9.10. The third kappa shape index (κ3) is 1.98. The zero-order chi connectivity index (χ0) is 10.2. The third-order valence-electron chi connectivity index (χ3n) is 2.93. The topological polar surface area (TPSA) is 12.0 Å². The van der Waals surface area contributed by atoms with Gasteiger partial charge < -0.3 is 5.32 Å². The fraction of sp³-hybridized carbons (Fsp3) is 0.455. The van der Waals surface area contributed by atoms with Gasteiger partial charge in [-0.1, -0.05) is 22.0 Å². The number of hydrogen-bond acceptors (Lipinski definition) is 1. The van der Waals surface area contributed by atoms with E-state index in [1.165, 1.54) is 30.5 Å². The monoisotopic (exact) mass is 257 g/mol. The summed E-state index contributed by atoms with van der Waals surface area (Å²) < 4.78 is 13.7. The fourth-order valence-corrected chi connectivity index (χ4v) is 2.19. The smallest absolute Gasteiger partial charge is 0.124 e. The molecule has 0 bridgehead atoms. The second kappa shape index (κ2) is 3.63. The summed E-state index contributed by atoms with van der Waals surface area (Å²) in [5, 5.41) is 3.33. The van der Waals surface area contributed by atoms with Crippen LogP contribution in [0, 0.1) is 5.82 Å². The van der Waals surface area contributed by atoms with E-state index in [1.54, 1.807) is 0 Å². The molecular formula is C11H13BrFN. The molecule has 2 rings (SSSR count). The molecule has 0 unspecified atom stereocenters. The van der Waals surface area contributed by atoms with Gasteiger partial charge in [0.1, 0.15) is 5.82 Å². The van der Waals surface area contributed by atoms with Crippen LogP contribution in [-0.4, -0.2) is 12.6 Å². The minimum atomic E-state index is -0.185. The molecule has 0 saturated heterocycles. The van der Waals surface area contributed by atoms with Crippen molar-refractivity contribution in [1.29, 1.82) is 0 Å². The molecule has 0 aliphatic heterocycles. The van der Waals surface area contributed by atoms with E-state index in [1.807, 2.05) is 13.1 Å². The van der Waals surface area contributed by atoms with E-state index < -0.39 is 0 Å². The van der Waals surface area contributed by atoms with Crippen LogP contribution in [0.25, 0.3) is 0 Å². The summed E-state index contributed by atoms with van der Waals surface area (Å²) >= 11 is 3.39. The van der Waals surface area contributed by atoms with Crippen LogP contribution >= 0.6 is 15.9 Å². The van der Waals surface area contributed by atoms with Gasteiger partial charge in [0.05, 0.1) is 0 Å². The molecule has 0 atom stereocenters. The Bertz CT molecular complexity index is 347. The van der Waals surface area contributed by atoms with Crippen LogP contribution in [0.1, 0.15) is 18.4 Å². The van der Waals surface area contributed by atoms with E-state index in [4.69, 9.17) is 0 Å². The van der Waals surface area contributed by atoms with Gasteiger partial charge in [0.25, 0.3) is 0 Å². The van der Waals surface area contributed by atoms with Crippen molar-refractivity contribution < 1.29 is 4.39 Å². The Morgan fingerprint density at radius 1 is 1.50 bits per heavy atom. The van der Waals surface area contributed by atoms with Crippen molar-refractivity contribution in [2.45, 2.75) is 24.8 Å². The first-order chi connectivity index (χ1) is 6.65. The van der Waals surface area contributed by atoms with Crippen molar-refractivity contribution in [2.24, 2.45) is 0 Å². The Morgan fingerprint density at radius 3 is 2.71 bits per heavy atom. The first-order valence-corrected chi connectivity index (χ1v) is 5.57. The normalized spacial score (nSPS) is 18.2. The lowest BCUT2D eigenvalue weighted by Gasteiger charge is -2.14. The van der Waals surface area contributed by atoms with E-state index in [9.17, 15) is 4.39 Å². The highest BCUT2D eigenvalue weighted by atomic mass is 79.9. The zero-order valence-electron chi connectivity index (χ0n) is 8.11. The molecule has 0 spiro atoms. The summed E-state index contributed by atoms with van der Waals surface area (Å²) in [6.45, 7) is 0. The quantitative estimate of drug-likeness (QED) is 0.879. The maximum Gasteiger partial charge on any atom is 0.124 e. The molecule has 1 saturated carbocycles. The van der Waals surface area contributed by atoms with Crippen molar-refractivity contribution in [3.8, 4) is 0 Å². The molecule has 0 amide bonds. The summed E-state index contributed by atoms with van der Waals surface area (Å²) in [7, 11) is 1.99. The van der Waals surface area contributed by atoms with Crippen LogP contribution in [0.15, 0.2) is 22.7 Å². The van der Waals surface area contributed by atoms with Gasteiger partial charge in [-0.25, -0.2) is 4.39 Å². The first kappa shape index (κ1) is 10.1. The molecule has 1 aliphatic carbocycles. The lowest BCUT2D eigenvalue weighted by Crippen LogP contribution is -2.29. The average Bonchev–Trinajstić information content (AvgIpc) is 2.91. The SMILES string of the molecule is CNC1(Cc2ccc(F)cc2Br)CC1. The maximum absolute atomic E-state index is 12.8. The van der Waals surface area contributed by atoms with E-state index in [0.717, 1.165) is 10.9 Å². The van der Waals surface area contributed by atoms with Crippen molar-refractivity contribution in [2.75, 3.05) is 7.05 Å². The van der Waals surface area contributed by atoms with E-state index in [0.29, 0.717) is 0 Å². The van der Waals surface area contributed by atoms with Gasteiger partial charge >= 0.3 is 0 Å². The number of benzene rings is 1. The number of likely N-dealkylation sites (N-methyl/N-ethyl adjacent to an activating group) is 1. The molecule has 1 aromatic carbocycles. The zero-order valence-corrected chi connectivity index (χ0v) is 9.70. The average molecular weight is 258 g/mol. The Balaban J connectivity index is 2.17. The molecule has 14 heavy (non-hydrogen) atoms. The van der Waals surface area contributed by atoms with Crippen LogP contribution < -0.4 is 5.32 Å². The van der Waals surface area contributed by atoms with E-state index in [2.05, 4.69) is 21.2 Å².